The van der Waals surface area contributed by atoms with E-state index in [9.17, 15) is 0 Å². The normalized spacial score (nSPS) is 28.7. The molecule has 0 amide bonds. The summed E-state index contributed by atoms with van der Waals surface area (Å²) in [5.74, 6) is 2.16. The molecule has 0 N–H and O–H groups in total. The van der Waals surface area contributed by atoms with Gasteiger partial charge in [0.05, 0.1) is 0 Å². The quantitative estimate of drug-likeness (QED) is 0.212. The minimum absolute atomic E-state index is 0.0235. The molecule has 0 heterocycles. The fourth-order valence-corrected chi connectivity index (χ4v) is 9.18. The third-order valence-electron chi connectivity index (χ3n) is 11.4. The van der Waals surface area contributed by atoms with Gasteiger partial charge in [-0.3, -0.25) is 0 Å². The van der Waals surface area contributed by atoms with E-state index >= 15 is 0 Å². The molecule has 5 atom stereocenters. The van der Waals surface area contributed by atoms with Gasteiger partial charge in [0.1, 0.15) is 0 Å². The molecule has 0 heteroatoms. The van der Waals surface area contributed by atoms with Gasteiger partial charge in [0, 0.05) is 11.3 Å². The summed E-state index contributed by atoms with van der Waals surface area (Å²) in [4.78, 5) is 0. The highest BCUT2D eigenvalue weighted by Gasteiger charge is 2.55. The Morgan fingerprint density at radius 1 is 0.644 bits per heavy atom. The first-order chi connectivity index (χ1) is 22.3. The first kappa shape index (κ1) is 25.6. The summed E-state index contributed by atoms with van der Waals surface area (Å²) in [5.41, 5.74) is 8.84. The van der Waals surface area contributed by atoms with Gasteiger partial charge in [-0.1, -0.05) is 146 Å². The summed E-state index contributed by atoms with van der Waals surface area (Å²) in [5, 5.41) is 8.63. The molecule has 0 saturated heterocycles. The summed E-state index contributed by atoms with van der Waals surface area (Å²) >= 11 is 0. The molecule has 10 rings (SSSR count). The fraction of sp³-hybridized carbons (Fsp3) is 0.200. The zero-order valence-corrected chi connectivity index (χ0v) is 25.5. The standard InChI is InChI=1S/C45H36/c1-2-5-16-30(15-4-1)40-34-22-9-8-21-33(34)39(29-17-6-3-7-18-29)42-41(36-25-14-19-31-27-38(31)36)35-23-10-11-24-37(35)44(43(40)42)45-26-13-12-20-32(45)28-45/h1,3-17,19-26,29,31-32,38H,2,18,27-28H2. The van der Waals surface area contributed by atoms with E-state index < -0.39 is 0 Å². The van der Waals surface area contributed by atoms with Crippen LogP contribution in [0.3, 0.4) is 0 Å². The maximum absolute atomic E-state index is 2.54. The number of allylic oxidation sites excluding steroid dienone is 18. The van der Waals surface area contributed by atoms with Gasteiger partial charge in [-0.2, -0.15) is 0 Å². The fourth-order valence-electron chi connectivity index (χ4n) is 9.18. The van der Waals surface area contributed by atoms with Crippen LogP contribution in [0.1, 0.15) is 53.9 Å². The molecular weight excluding hydrogens is 540 g/mol. The van der Waals surface area contributed by atoms with E-state index in [4.69, 9.17) is 0 Å². The Kier molecular flexibility index (Phi) is 5.50. The summed E-state index contributed by atoms with van der Waals surface area (Å²) in [7, 11) is 0. The van der Waals surface area contributed by atoms with Crippen molar-refractivity contribution >= 4 is 43.5 Å². The Hall–Kier alpha value is -4.68. The second-order valence-corrected chi connectivity index (χ2v) is 13.8. The van der Waals surface area contributed by atoms with Crippen LogP contribution in [-0.2, 0) is 5.41 Å². The van der Waals surface area contributed by atoms with E-state index in [1.807, 2.05) is 0 Å². The Balaban J connectivity index is 1.50. The number of hydrogen-bond acceptors (Lipinski definition) is 0. The smallest absolute Gasteiger partial charge is 0.0217 e. The van der Waals surface area contributed by atoms with Crippen molar-refractivity contribution in [1.82, 2.24) is 0 Å². The van der Waals surface area contributed by atoms with E-state index in [1.54, 1.807) is 11.1 Å². The summed E-state index contributed by atoms with van der Waals surface area (Å²) < 4.78 is 0. The average Bonchev–Trinajstić information content (AvgIpc) is 4.01. The van der Waals surface area contributed by atoms with Gasteiger partial charge in [-0.05, 0) is 109 Å². The van der Waals surface area contributed by atoms with Crippen molar-refractivity contribution in [2.24, 2.45) is 17.8 Å². The van der Waals surface area contributed by atoms with Crippen LogP contribution in [0.2, 0.25) is 0 Å². The minimum atomic E-state index is 0.0235. The van der Waals surface area contributed by atoms with Crippen molar-refractivity contribution in [3.05, 3.63) is 168 Å². The molecule has 2 fully saturated rings. The van der Waals surface area contributed by atoms with Crippen LogP contribution >= 0.6 is 0 Å². The molecule has 0 aromatic heterocycles. The zero-order chi connectivity index (χ0) is 29.5. The first-order valence-corrected chi connectivity index (χ1v) is 16.9. The molecule has 216 valence electrons. The average molecular weight is 577 g/mol. The molecule has 0 spiro atoms. The highest BCUT2D eigenvalue weighted by molar-refractivity contribution is 6.23. The molecule has 5 unspecified atom stereocenters. The van der Waals surface area contributed by atoms with Crippen LogP contribution in [0.4, 0.5) is 0 Å². The molecule has 45 heavy (non-hydrogen) atoms. The molecule has 4 aromatic rings. The van der Waals surface area contributed by atoms with Crippen molar-refractivity contribution < 1.29 is 0 Å². The van der Waals surface area contributed by atoms with Gasteiger partial charge in [0.2, 0.25) is 0 Å². The van der Waals surface area contributed by atoms with Crippen molar-refractivity contribution in [3.63, 3.8) is 0 Å². The molecule has 6 aliphatic rings. The van der Waals surface area contributed by atoms with Gasteiger partial charge in [0.15, 0.2) is 0 Å². The molecule has 6 aliphatic carbocycles. The van der Waals surface area contributed by atoms with Crippen LogP contribution in [0.5, 0.6) is 0 Å². The van der Waals surface area contributed by atoms with Crippen molar-refractivity contribution in [3.8, 4) is 0 Å². The monoisotopic (exact) mass is 576 g/mol. The first-order valence-electron chi connectivity index (χ1n) is 16.9. The Bertz CT molecular complexity index is 2230. The second-order valence-electron chi connectivity index (χ2n) is 13.8. The second kappa shape index (κ2) is 9.66. The van der Waals surface area contributed by atoms with Crippen LogP contribution in [0.25, 0.3) is 43.5 Å². The number of benzene rings is 4. The maximum atomic E-state index is 2.54. The van der Waals surface area contributed by atoms with Crippen molar-refractivity contribution in [2.75, 3.05) is 0 Å². The summed E-state index contributed by atoms with van der Waals surface area (Å²) in [6, 6.07) is 18.7. The number of hydrogen-bond donors (Lipinski definition) is 0. The lowest BCUT2D eigenvalue weighted by atomic mass is 9.72. The third-order valence-corrected chi connectivity index (χ3v) is 11.4. The zero-order valence-electron chi connectivity index (χ0n) is 25.5. The lowest BCUT2D eigenvalue weighted by Crippen LogP contribution is -2.14. The number of rotatable bonds is 4. The SMILES string of the molecule is C1=CCC=CC(c2c3ccccc3c(C3C=CC=CC3)c3c(C4=CC=CC5CC45)c4ccccc4c(C45C=CC=CC4C5)c23)=C1. The van der Waals surface area contributed by atoms with Crippen LogP contribution in [-0.4, -0.2) is 0 Å². The summed E-state index contributed by atoms with van der Waals surface area (Å²) in [6.07, 6.45) is 42.2. The topological polar surface area (TPSA) is 0 Å². The molecule has 4 aromatic carbocycles. The molecule has 0 nitrogen and oxygen atoms in total. The Morgan fingerprint density at radius 2 is 1.47 bits per heavy atom. The van der Waals surface area contributed by atoms with E-state index in [0.29, 0.717) is 23.7 Å². The van der Waals surface area contributed by atoms with Gasteiger partial charge in [-0.15, -0.1) is 0 Å². The maximum Gasteiger partial charge on any atom is 0.0217 e. The van der Waals surface area contributed by atoms with E-state index in [0.717, 1.165) is 12.8 Å². The molecule has 0 radical (unpaired) electrons. The largest absolute Gasteiger partial charge is 0.0836 e. The van der Waals surface area contributed by atoms with Gasteiger partial charge >= 0.3 is 0 Å². The van der Waals surface area contributed by atoms with Crippen molar-refractivity contribution in [1.29, 1.82) is 0 Å². The third kappa shape index (κ3) is 3.72. The van der Waals surface area contributed by atoms with Crippen LogP contribution in [0.15, 0.2) is 146 Å². The Morgan fingerprint density at radius 3 is 2.31 bits per heavy atom. The minimum Gasteiger partial charge on any atom is -0.0836 e. The predicted molar refractivity (Wildman–Crippen MR) is 192 cm³/mol. The molecule has 0 aliphatic heterocycles. The highest BCUT2D eigenvalue weighted by atomic mass is 14.6. The molecular formula is C45H36. The lowest BCUT2D eigenvalue weighted by Gasteiger charge is -2.31. The Labute approximate surface area is 265 Å². The summed E-state index contributed by atoms with van der Waals surface area (Å²) in [6.45, 7) is 0. The van der Waals surface area contributed by atoms with E-state index in [1.165, 1.54) is 67.4 Å². The van der Waals surface area contributed by atoms with Crippen molar-refractivity contribution in [2.45, 2.75) is 37.0 Å². The molecule has 0 bridgehead atoms. The molecule has 2 saturated carbocycles. The van der Waals surface area contributed by atoms with E-state index in [2.05, 4.69) is 146 Å². The van der Waals surface area contributed by atoms with Crippen LogP contribution in [0, 0.1) is 17.8 Å². The van der Waals surface area contributed by atoms with Gasteiger partial charge in [-0.25, -0.2) is 0 Å². The predicted octanol–water partition coefficient (Wildman–Crippen LogP) is 11.6. The van der Waals surface area contributed by atoms with Gasteiger partial charge in [0.25, 0.3) is 0 Å². The van der Waals surface area contributed by atoms with E-state index in [-0.39, 0.29) is 5.41 Å². The highest BCUT2D eigenvalue weighted by Crippen LogP contribution is 2.64. The van der Waals surface area contributed by atoms with Crippen LogP contribution < -0.4 is 0 Å². The lowest BCUT2D eigenvalue weighted by molar-refractivity contribution is 0.832. The number of fused-ring (bicyclic) bond motifs is 5. The van der Waals surface area contributed by atoms with Gasteiger partial charge < -0.3 is 0 Å².